The number of nitrogens with one attached hydrogen (secondary N) is 1. The van der Waals surface area contributed by atoms with E-state index >= 15 is 0 Å². The van der Waals surface area contributed by atoms with Crippen molar-refractivity contribution >= 4 is 34.0 Å². The van der Waals surface area contributed by atoms with E-state index in [9.17, 15) is 9.59 Å². The second kappa shape index (κ2) is 9.50. The molecule has 1 aliphatic heterocycles. The van der Waals surface area contributed by atoms with Crippen molar-refractivity contribution in [3.05, 3.63) is 41.4 Å². The molecule has 27 heavy (non-hydrogen) atoms. The van der Waals surface area contributed by atoms with E-state index in [0.29, 0.717) is 18.1 Å². The van der Waals surface area contributed by atoms with Crippen molar-refractivity contribution in [1.29, 1.82) is 0 Å². The van der Waals surface area contributed by atoms with Crippen LogP contribution in [0.2, 0.25) is 0 Å². The molecule has 1 aromatic carbocycles. The van der Waals surface area contributed by atoms with Crippen LogP contribution in [0.4, 0.5) is 10.8 Å². The molecular weight excluding hydrogens is 360 g/mol. The number of hydrogen-bond donors (Lipinski definition) is 1. The number of carbonyl (C=O) groups excluding carboxylic acids is 2. The lowest BCUT2D eigenvalue weighted by Crippen LogP contribution is -2.30. The molecule has 0 atom stereocenters. The topological polar surface area (TPSA) is 65.5 Å². The second-order valence-corrected chi connectivity index (χ2v) is 7.40. The molecule has 0 radical (unpaired) electrons. The third kappa shape index (κ3) is 5.29. The molecule has 0 spiro atoms. The van der Waals surface area contributed by atoms with E-state index in [2.05, 4.69) is 34.3 Å². The molecule has 3 rings (SSSR count). The molecule has 0 aliphatic carbocycles. The van der Waals surface area contributed by atoms with Crippen LogP contribution in [-0.4, -0.2) is 43.0 Å². The highest BCUT2D eigenvalue weighted by atomic mass is 32.1. The SMILES string of the molecule is CCN(CCCNC(=O)Cc1csc(N2CCCC2=O)n1)c1ccccc1. The zero-order valence-electron chi connectivity index (χ0n) is 15.7. The van der Waals surface area contributed by atoms with E-state index < -0.39 is 0 Å². The van der Waals surface area contributed by atoms with Crippen molar-refractivity contribution in [1.82, 2.24) is 10.3 Å². The average molecular weight is 387 g/mol. The Balaban J connectivity index is 1.40. The van der Waals surface area contributed by atoms with Gasteiger partial charge in [-0.05, 0) is 31.9 Å². The third-order valence-electron chi connectivity index (χ3n) is 4.62. The zero-order chi connectivity index (χ0) is 19.1. The first-order valence-corrected chi connectivity index (χ1v) is 10.4. The lowest BCUT2D eigenvalue weighted by molar-refractivity contribution is -0.120. The molecule has 0 unspecified atom stereocenters. The van der Waals surface area contributed by atoms with E-state index in [-0.39, 0.29) is 18.2 Å². The number of benzene rings is 1. The maximum atomic E-state index is 12.2. The van der Waals surface area contributed by atoms with Crippen molar-refractivity contribution in [2.75, 3.05) is 36.0 Å². The second-order valence-electron chi connectivity index (χ2n) is 6.57. The Morgan fingerprint density at radius 2 is 2.15 bits per heavy atom. The van der Waals surface area contributed by atoms with Gasteiger partial charge in [-0.1, -0.05) is 18.2 Å². The van der Waals surface area contributed by atoms with Gasteiger partial charge in [0.25, 0.3) is 0 Å². The van der Waals surface area contributed by atoms with Crippen LogP contribution in [0.1, 0.15) is 31.9 Å². The molecule has 1 N–H and O–H groups in total. The lowest BCUT2D eigenvalue weighted by atomic mass is 10.2. The Hall–Kier alpha value is -2.41. The van der Waals surface area contributed by atoms with Gasteiger partial charge in [-0.2, -0.15) is 0 Å². The molecule has 2 heterocycles. The summed E-state index contributed by atoms with van der Waals surface area (Å²) >= 11 is 1.43. The zero-order valence-corrected chi connectivity index (χ0v) is 16.5. The monoisotopic (exact) mass is 386 g/mol. The molecule has 1 saturated heterocycles. The molecule has 0 bridgehead atoms. The third-order valence-corrected chi connectivity index (χ3v) is 5.53. The van der Waals surface area contributed by atoms with E-state index in [1.807, 2.05) is 23.6 Å². The van der Waals surface area contributed by atoms with Crippen molar-refractivity contribution in [2.45, 2.75) is 32.6 Å². The fourth-order valence-corrected chi connectivity index (χ4v) is 4.05. The van der Waals surface area contributed by atoms with Crippen molar-refractivity contribution in [2.24, 2.45) is 0 Å². The predicted octanol–water partition coefficient (Wildman–Crippen LogP) is 2.85. The molecule has 2 amide bonds. The van der Waals surface area contributed by atoms with Gasteiger partial charge >= 0.3 is 0 Å². The number of hydrogen-bond acceptors (Lipinski definition) is 5. The van der Waals surface area contributed by atoms with Crippen LogP contribution >= 0.6 is 11.3 Å². The summed E-state index contributed by atoms with van der Waals surface area (Å²) in [7, 11) is 0. The molecule has 1 aliphatic rings. The number of thiazole rings is 1. The molecule has 1 aromatic heterocycles. The Morgan fingerprint density at radius 1 is 1.33 bits per heavy atom. The summed E-state index contributed by atoms with van der Waals surface area (Å²) in [5, 5.41) is 5.55. The number of rotatable bonds is 9. The molecule has 7 heteroatoms. The number of carbonyl (C=O) groups is 2. The molecule has 144 valence electrons. The Kier molecular flexibility index (Phi) is 6.81. The van der Waals surface area contributed by atoms with Gasteiger partial charge in [-0.25, -0.2) is 4.98 Å². The minimum Gasteiger partial charge on any atom is -0.372 e. The minimum atomic E-state index is -0.0256. The Labute approximate surface area is 164 Å². The molecule has 2 aromatic rings. The van der Waals surface area contributed by atoms with Crippen molar-refractivity contribution < 1.29 is 9.59 Å². The number of anilines is 2. The summed E-state index contributed by atoms with van der Waals surface area (Å²) in [6.45, 7) is 5.35. The highest BCUT2D eigenvalue weighted by Crippen LogP contribution is 2.25. The van der Waals surface area contributed by atoms with Gasteiger partial charge in [0.15, 0.2) is 5.13 Å². The summed E-state index contributed by atoms with van der Waals surface area (Å²) < 4.78 is 0. The van der Waals surface area contributed by atoms with Gasteiger partial charge in [0.1, 0.15) is 0 Å². The van der Waals surface area contributed by atoms with Gasteiger partial charge in [-0.15, -0.1) is 11.3 Å². The smallest absolute Gasteiger partial charge is 0.228 e. The van der Waals surface area contributed by atoms with Crippen LogP contribution in [-0.2, 0) is 16.0 Å². The van der Waals surface area contributed by atoms with Gasteiger partial charge in [0.05, 0.1) is 12.1 Å². The summed E-state index contributed by atoms with van der Waals surface area (Å²) in [6.07, 6.45) is 2.62. The van der Waals surface area contributed by atoms with Crippen LogP contribution < -0.4 is 15.1 Å². The first-order valence-electron chi connectivity index (χ1n) is 9.49. The minimum absolute atomic E-state index is 0.0256. The lowest BCUT2D eigenvalue weighted by Gasteiger charge is -2.23. The van der Waals surface area contributed by atoms with Gasteiger partial charge in [-0.3, -0.25) is 14.5 Å². The van der Waals surface area contributed by atoms with Gasteiger partial charge in [0, 0.05) is 43.7 Å². The Bertz CT molecular complexity index is 762. The first-order chi connectivity index (χ1) is 13.2. The summed E-state index contributed by atoms with van der Waals surface area (Å²) in [6, 6.07) is 10.3. The average Bonchev–Trinajstić information content (AvgIpc) is 3.31. The number of para-hydroxylation sites is 1. The predicted molar refractivity (Wildman–Crippen MR) is 109 cm³/mol. The molecule has 0 saturated carbocycles. The highest BCUT2D eigenvalue weighted by molar-refractivity contribution is 7.14. The number of amides is 2. The summed E-state index contributed by atoms with van der Waals surface area (Å²) in [4.78, 5) is 32.4. The van der Waals surface area contributed by atoms with E-state index in [4.69, 9.17) is 0 Å². The molecule has 6 nitrogen and oxygen atoms in total. The highest BCUT2D eigenvalue weighted by Gasteiger charge is 2.24. The van der Waals surface area contributed by atoms with Gasteiger partial charge in [0.2, 0.25) is 11.8 Å². The fraction of sp³-hybridized carbons (Fsp3) is 0.450. The summed E-state index contributed by atoms with van der Waals surface area (Å²) in [5.74, 6) is 0.0987. The van der Waals surface area contributed by atoms with E-state index in [1.54, 1.807) is 4.90 Å². The normalized spacial score (nSPS) is 13.8. The molecule has 1 fully saturated rings. The van der Waals surface area contributed by atoms with Crippen LogP contribution in [0.25, 0.3) is 0 Å². The Morgan fingerprint density at radius 3 is 2.85 bits per heavy atom. The van der Waals surface area contributed by atoms with Crippen molar-refractivity contribution in [3.63, 3.8) is 0 Å². The van der Waals surface area contributed by atoms with Crippen LogP contribution in [0.5, 0.6) is 0 Å². The number of nitrogens with zero attached hydrogens (tertiary/aromatic N) is 3. The standard InChI is InChI=1S/C20H26N4O2S/c1-2-23(17-8-4-3-5-9-17)12-7-11-21-18(25)14-16-15-27-20(22-16)24-13-6-10-19(24)26/h3-5,8-9,15H,2,6-7,10-14H2,1H3,(H,21,25). The van der Waals surface area contributed by atoms with Crippen LogP contribution in [0.3, 0.4) is 0 Å². The van der Waals surface area contributed by atoms with Crippen LogP contribution in [0.15, 0.2) is 35.7 Å². The van der Waals surface area contributed by atoms with Crippen LogP contribution in [0, 0.1) is 0 Å². The van der Waals surface area contributed by atoms with Crippen molar-refractivity contribution in [3.8, 4) is 0 Å². The number of aromatic nitrogens is 1. The largest absolute Gasteiger partial charge is 0.372 e. The maximum absolute atomic E-state index is 12.2. The summed E-state index contributed by atoms with van der Waals surface area (Å²) in [5.41, 5.74) is 1.93. The van der Waals surface area contributed by atoms with Gasteiger partial charge < -0.3 is 10.2 Å². The van der Waals surface area contributed by atoms with E-state index in [1.165, 1.54) is 17.0 Å². The quantitative estimate of drug-likeness (QED) is 0.673. The fourth-order valence-electron chi connectivity index (χ4n) is 3.19. The maximum Gasteiger partial charge on any atom is 0.228 e. The van der Waals surface area contributed by atoms with E-state index in [0.717, 1.165) is 38.2 Å². The molecular formula is C20H26N4O2S. The first kappa shape index (κ1) is 19.4.